The molecule has 1 saturated heterocycles. The molecule has 8 nitrogen and oxygen atoms in total. The van der Waals surface area contributed by atoms with Crippen LogP contribution in [0, 0.1) is 5.82 Å². The van der Waals surface area contributed by atoms with Crippen molar-refractivity contribution in [2.24, 2.45) is 0 Å². The molecule has 5 rings (SSSR count). The quantitative estimate of drug-likeness (QED) is 0.325. The van der Waals surface area contributed by atoms with Gasteiger partial charge < -0.3 is 14.8 Å². The second kappa shape index (κ2) is 9.97. The van der Waals surface area contributed by atoms with Crippen molar-refractivity contribution in [2.75, 3.05) is 6.54 Å². The summed E-state index contributed by atoms with van der Waals surface area (Å²) >= 11 is 0. The lowest BCUT2D eigenvalue weighted by Crippen LogP contribution is -2.45. The zero-order valence-electron chi connectivity index (χ0n) is 20.1. The van der Waals surface area contributed by atoms with E-state index in [-0.39, 0.29) is 41.7 Å². The van der Waals surface area contributed by atoms with E-state index in [0.717, 1.165) is 28.6 Å². The van der Waals surface area contributed by atoms with Gasteiger partial charge in [0.25, 0.3) is 10.0 Å². The number of sulfonamides is 1. The highest BCUT2D eigenvalue weighted by Crippen LogP contribution is 2.36. The standard InChI is InChI=1S/C26H21F4N3O5S/c27-18-4-6-23-16(11-18)12-24(38-23)39(36,37)33-9-1-2-21(33)25(35)32-14-15-7-8-31-20(10-15)19-5-3-17(13-22(19)34)26(28,29)30/h3-8,10-13,21,34H,1-2,9,14H2,(H,32,35)/t21-/m0/s1. The molecule has 1 amide bonds. The summed E-state index contributed by atoms with van der Waals surface area (Å²) < 4.78 is 85.2. The Morgan fingerprint density at radius 3 is 2.67 bits per heavy atom. The predicted octanol–water partition coefficient (Wildman–Crippen LogP) is 4.83. The van der Waals surface area contributed by atoms with Gasteiger partial charge in [0, 0.05) is 36.3 Å². The molecule has 0 aliphatic carbocycles. The van der Waals surface area contributed by atoms with Crippen LogP contribution in [0.2, 0.25) is 0 Å². The molecule has 4 aromatic rings. The minimum Gasteiger partial charge on any atom is -0.507 e. The Hall–Kier alpha value is -3.97. The maximum absolute atomic E-state index is 13.5. The van der Waals surface area contributed by atoms with E-state index >= 15 is 0 Å². The van der Waals surface area contributed by atoms with Gasteiger partial charge in [-0.2, -0.15) is 17.5 Å². The van der Waals surface area contributed by atoms with Gasteiger partial charge in [-0.25, -0.2) is 12.8 Å². The number of rotatable bonds is 6. The average Bonchev–Trinajstić information content (AvgIpc) is 3.55. The van der Waals surface area contributed by atoms with Gasteiger partial charge in [-0.05, 0) is 66.9 Å². The molecule has 1 fully saturated rings. The summed E-state index contributed by atoms with van der Waals surface area (Å²) in [6.45, 7) is 0.0719. The number of carbonyl (C=O) groups excluding carboxylic acids is 1. The average molecular weight is 564 g/mol. The molecule has 204 valence electrons. The van der Waals surface area contributed by atoms with Crippen LogP contribution in [-0.2, 0) is 27.5 Å². The molecule has 0 saturated carbocycles. The molecule has 2 aromatic carbocycles. The highest BCUT2D eigenvalue weighted by Gasteiger charge is 2.41. The summed E-state index contributed by atoms with van der Waals surface area (Å²) in [5.74, 6) is -1.69. The van der Waals surface area contributed by atoms with E-state index in [4.69, 9.17) is 4.42 Å². The number of aromatic nitrogens is 1. The van der Waals surface area contributed by atoms with Crippen molar-refractivity contribution >= 4 is 26.9 Å². The van der Waals surface area contributed by atoms with Crippen molar-refractivity contribution in [3.63, 3.8) is 0 Å². The Labute approximate surface area is 219 Å². The number of carbonyl (C=O) groups is 1. The summed E-state index contributed by atoms with van der Waals surface area (Å²) in [7, 11) is -4.19. The van der Waals surface area contributed by atoms with E-state index in [2.05, 4.69) is 10.3 Å². The maximum atomic E-state index is 13.5. The van der Waals surface area contributed by atoms with Gasteiger partial charge in [-0.15, -0.1) is 0 Å². The molecule has 1 atom stereocenters. The van der Waals surface area contributed by atoms with E-state index < -0.39 is 50.4 Å². The molecule has 2 N–H and O–H groups in total. The van der Waals surface area contributed by atoms with Gasteiger partial charge in [-0.3, -0.25) is 9.78 Å². The fourth-order valence-corrected chi connectivity index (χ4v) is 6.09. The molecular weight excluding hydrogens is 542 g/mol. The molecule has 0 bridgehead atoms. The molecule has 39 heavy (non-hydrogen) atoms. The predicted molar refractivity (Wildman–Crippen MR) is 131 cm³/mol. The SMILES string of the molecule is O=C(NCc1ccnc(-c2ccc(C(F)(F)F)cc2O)c1)[C@@H]1CCCN1S(=O)(=O)c1cc2cc(F)ccc2o1. The number of nitrogens with one attached hydrogen (secondary N) is 1. The van der Waals surface area contributed by atoms with Crippen molar-refractivity contribution in [1.29, 1.82) is 0 Å². The summed E-state index contributed by atoms with van der Waals surface area (Å²) in [5, 5.41) is 12.7. The lowest BCUT2D eigenvalue weighted by molar-refractivity contribution is -0.137. The molecule has 1 aliphatic rings. The van der Waals surface area contributed by atoms with Crippen LogP contribution >= 0.6 is 0 Å². The zero-order valence-corrected chi connectivity index (χ0v) is 20.9. The highest BCUT2D eigenvalue weighted by molar-refractivity contribution is 7.89. The number of pyridine rings is 1. The zero-order chi connectivity index (χ0) is 27.9. The summed E-state index contributed by atoms with van der Waals surface area (Å²) in [6, 6.07) is 9.47. The fraction of sp³-hybridized carbons (Fsp3) is 0.231. The second-order valence-electron chi connectivity index (χ2n) is 9.02. The third kappa shape index (κ3) is 5.32. The van der Waals surface area contributed by atoms with Gasteiger partial charge in [0.05, 0.1) is 11.3 Å². The third-order valence-corrected chi connectivity index (χ3v) is 8.18. The van der Waals surface area contributed by atoms with Crippen LogP contribution in [0.25, 0.3) is 22.2 Å². The van der Waals surface area contributed by atoms with Crippen LogP contribution in [0.4, 0.5) is 17.6 Å². The largest absolute Gasteiger partial charge is 0.507 e. The Bertz CT molecular complexity index is 1670. The van der Waals surface area contributed by atoms with Crippen LogP contribution in [-0.4, -0.2) is 41.3 Å². The van der Waals surface area contributed by atoms with Gasteiger partial charge in [0.15, 0.2) is 0 Å². The van der Waals surface area contributed by atoms with E-state index in [1.807, 2.05) is 0 Å². The van der Waals surface area contributed by atoms with Crippen LogP contribution < -0.4 is 5.32 Å². The van der Waals surface area contributed by atoms with Crippen LogP contribution in [0.15, 0.2) is 70.3 Å². The maximum Gasteiger partial charge on any atom is 0.416 e. The Balaban J connectivity index is 1.30. The fourth-order valence-electron chi connectivity index (χ4n) is 4.49. The summed E-state index contributed by atoms with van der Waals surface area (Å²) in [4.78, 5) is 17.1. The van der Waals surface area contributed by atoms with E-state index in [1.54, 1.807) is 6.07 Å². The number of halogens is 4. The van der Waals surface area contributed by atoms with Gasteiger partial charge in [0.1, 0.15) is 23.2 Å². The van der Waals surface area contributed by atoms with Crippen molar-refractivity contribution in [3.05, 3.63) is 77.7 Å². The molecule has 0 spiro atoms. The number of phenols is 1. The number of hydrogen-bond acceptors (Lipinski definition) is 6. The van der Waals surface area contributed by atoms with Crippen LogP contribution in [0.3, 0.4) is 0 Å². The summed E-state index contributed by atoms with van der Waals surface area (Å²) in [5.41, 5.74) is -0.00511. The molecule has 13 heteroatoms. The van der Waals surface area contributed by atoms with Crippen molar-refractivity contribution < 1.29 is 40.3 Å². The monoisotopic (exact) mass is 563 g/mol. The number of furan rings is 1. The number of benzene rings is 2. The molecule has 0 radical (unpaired) electrons. The van der Waals surface area contributed by atoms with Gasteiger partial charge >= 0.3 is 6.18 Å². The minimum atomic E-state index is -4.61. The smallest absolute Gasteiger partial charge is 0.416 e. The highest BCUT2D eigenvalue weighted by atomic mass is 32.2. The number of aromatic hydroxyl groups is 1. The molecule has 0 unspecified atom stereocenters. The Morgan fingerprint density at radius 1 is 1.13 bits per heavy atom. The number of nitrogens with zero attached hydrogens (tertiary/aromatic N) is 2. The van der Waals surface area contributed by atoms with E-state index in [1.165, 1.54) is 24.4 Å². The first-order valence-corrected chi connectivity index (χ1v) is 13.2. The number of fused-ring (bicyclic) bond motifs is 1. The van der Waals surface area contributed by atoms with Gasteiger partial charge in [0.2, 0.25) is 11.0 Å². The van der Waals surface area contributed by atoms with Crippen LogP contribution in [0.1, 0.15) is 24.0 Å². The lowest BCUT2D eigenvalue weighted by Gasteiger charge is -2.22. The normalized spacial score (nSPS) is 16.6. The molecule has 2 aromatic heterocycles. The first kappa shape index (κ1) is 26.6. The molecule has 1 aliphatic heterocycles. The minimum absolute atomic E-state index is 0.0238. The Morgan fingerprint density at radius 2 is 1.92 bits per heavy atom. The van der Waals surface area contributed by atoms with Crippen molar-refractivity contribution in [2.45, 2.75) is 36.7 Å². The number of phenolic OH excluding ortho intramolecular Hbond substituents is 1. The third-order valence-electron chi connectivity index (χ3n) is 6.42. The van der Waals surface area contributed by atoms with E-state index in [0.29, 0.717) is 18.1 Å². The lowest BCUT2D eigenvalue weighted by atomic mass is 10.0. The number of amides is 1. The van der Waals surface area contributed by atoms with Crippen LogP contribution in [0.5, 0.6) is 5.75 Å². The van der Waals surface area contributed by atoms with Gasteiger partial charge in [-0.1, -0.05) is 0 Å². The first-order valence-electron chi connectivity index (χ1n) is 11.8. The first-order chi connectivity index (χ1) is 18.4. The number of alkyl halides is 3. The van der Waals surface area contributed by atoms with Crippen molar-refractivity contribution in [3.8, 4) is 17.0 Å². The molecular formula is C26H21F4N3O5S. The van der Waals surface area contributed by atoms with Crippen molar-refractivity contribution in [1.82, 2.24) is 14.6 Å². The summed E-state index contributed by atoms with van der Waals surface area (Å²) in [6.07, 6.45) is -2.51. The number of hydrogen-bond donors (Lipinski definition) is 2. The molecule has 3 heterocycles. The Kier molecular flexibility index (Phi) is 6.81. The van der Waals surface area contributed by atoms with E-state index in [9.17, 15) is 35.9 Å². The second-order valence-corrected chi connectivity index (χ2v) is 10.8. The topological polar surface area (TPSA) is 113 Å².